The molecular weight excluding hydrogens is 176 g/mol. The summed E-state index contributed by atoms with van der Waals surface area (Å²) < 4.78 is 0. The van der Waals surface area contributed by atoms with Crippen LogP contribution in [0.15, 0.2) is 0 Å². The van der Waals surface area contributed by atoms with Crippen LogP contribution in [0.4, 0.5) is 0 Å². The van der Waals surface area contributed by atoms with Gasteiger partial charge in [-0.25, -0.2) is 0 Å². The quantitative estimate of drug-likeness (QED) is 0.685. The number of aliphatic hydroxyl groups is 1. The van der Waals surface area contributed by atoms with Gasteiger partial charge in [-0.3, -0.25) is 0 Å². The van der Waals surface area contributed by atoms with E-state index in [-0.39, 0.29) is 12.6 Å². The Bertz CT molecular complexity index is 171. The standard InChI is InChI=1S/C11H24N2O/c1-4-12-10(8-14)7-13-6-5-11(2,3)9-13/h10,12,14H,4-9H2,1-3H3. The molecule has 84 valence electrons. The molecule has 3 nitrogen and oxygen atoms in total. The van der Waals surface area contributed by atoms with Gasteiger partial charge in [-0.1, -0.05) is 20.8 Å². The SMILES string of the molecule is CCNC(CO)CN1CCC(C)(C)C1. The molecule has 0 aromatic carbocycles. The van der Waals surface area contributed by atoms with Crippen LogP contribution in [0.25, 0.3) is 0 Å². The molecule has 1 fully saturated rings. The Hall–Kier alpha value is -0.120. The average Bonchev–Trinajstić information content (AvgIpc) is 2.45. The van der Waals surface area contributed by atoms with Crippen LogP contribution in [0.1, 0.15) is 27.2 Å². The van der Waals surface area contributed by atoms with Crippen LogP contribution in [0.2, 0.25) is 0 Å². The van der Waals surface area contributed by atoms with Crippen molar-refractivity contribution in [1.82, 2.24) is 10.2 Å². The maximum atomic E-state index is 9.16. The monoisotopic (exact) mass is 200 g/mol. The summed E-state index contributed by atoms with van der Waals surface area (Å²) in [6, 6.07) is 0.244. The van der Waals surface area contributed by atoms with E-state index >= 15 is 0 Å². The first-order valence-electron chi connectivity index (χ1n) is 5.64. The molecule has 1 aliphatic heterocycles. The van der Waals surface area contributed by atoms with Gasteiger partial charge in [0.15, 0.2) is 0 Å². The molecule has 14 heavy (non-hydrogen) atoms. The van der Waals surface area contributed by atoms with Crippen molar-refractivity contribution < 1.29 is 5.11 Å². The van der Waals surface area contributed by atoms with Crippen molar-refractivity contribution in [3.8, 4) is 0 Å². The lowest BCUT2D eigenvalue weighted by molar-refractivity contribution is 0.191. The number of nitrogens with zero attached hydrogens (tertiary/aromatic N) is 1. The number of nitrogens with one attached hydrogen (secondary N) is 1. The second-order valence-electron chi connectivity index (χ2n) is 5.09. The van der Waals surface area contributed by atoms with E-state index in [0.29, 0.717) is 5.41 Å². The smallest absolute Gasteiger partial charge is 0.0597 e. The van der Waals surface area contributed by atoms with E-state index in [9.17, 15) is 0 Å². The van der Waals surface area contributed by atoms with E-state index in [2.05, 4.69) is 31.0 Å². The molecule has 0 bridgehead atoms. The van der Waals surface area contributed by atoms with E-state index < -0.39 is 0 Å². The molecule has 0 spiro atoms. The van der Waals surface area contributed by atoms with Gasteiger partial charge in [0.2, 0.25) is 0 Å². The maximum absolute atomic E-state index is 9.16. The van der Waals surface area contributed by atoms with E-state index in [1.54, 1.807) is 0 Å². The highest BCUT2D eigenvalue weighted by atomic mass is 16.3. The van der Waals surface area contributed by atoms with Crippen LogP contribution in [-0.2, 0) is 0 Å². The second kappa shape index (κ2) is 5.10. The highest BCUT2D eigenvalue weighted by Gasteiger charge is 2.29. The largest absolute Gasteiger partial charge is 0.395 e. The minimum absolute atomic E-state index is 0.241. The fourth-order valence-electron chi connectivity index (χ4n) is 2.17. The molecule has 0 aromatic heterocycles. The number of likely N-dealkylation sites (N-methyl/N-ethyl adjacent to an activating group) is 1. The predicted molar refractivity (Wildman–Crippen MR) is 59.4 cm³/mol. The van der Waals surface area contributed by atoms with Gasteiger partial charge in [0.25, 0.3) is 0 Å². The van der Waals surface area contributed by atoms with Crippen molar-refractivity contribution in [3.05, 3.63) is 0 Å². The average molecular weight is 200 g/mol. The Morgan fingerprint density at radius 1 is 1.50 bits per heavy atom. The van der Waals surface area contributed by atoms with E-state index in [1.165, 1.54) is 13.0 Å². The third-order valence-corrected chi connectivity index (χ3v) is 2.95. The Labute approximate surface area is 87.5 Å². The molecule has 0 aliphatic carbocycles. The first kappa shape index (κ1) is 12.0. The van der Waals surface area contributed by atoms with Crippen LogP contribution in [0.3, 0.4) is 0 Å². The summed E-state index contributed by atoms with van der Waals surface area (Å²) in [4.78, 5) is 2.45. The number of rotatable bonds is 5. The van der Waals surface area contributed by atoms with Gasteiger partial charge < -0.3 is 15.3 Å². The lowest BCUT2D eigenvalue weighted by Gasteiger charge is -2.24. The van der Waals surface area contributed by atoms with Crippen molar-refractivity contribution in [2.75, 3.05) is 32.8 Å². The highest BCUT2D eigenvalue weighted by Crippen LogP contribution is 2.28. The molecule has 1 unspecified atom stereocenters. The molecular formula is C11H24N2O. The van der Waals surface area contributed by atoms with Crippen LogP contribution in [-0.4, -0.2) is 48.8 Å². The Kier molecular flexibility index (Phi) is 4.35. The summed E-state index contributed by atoms with van der Waals surface area (Å²) in [5.41, 5.74) is 0.465. The van der Waals surface area contributed by atoms with E-state index in [4.69, 9.17) is 5.11 Å². The lowest BCUT2D eigenvalue weighted by Crippen LogP contribution is -2.42. The van der Waals surface area contributed by atoms with Gasteiger partial charge >= 0.3 is 0 Å². The van der Waals surface area contributed by atoms with Crippen molar-refractivity contribution in [1.29, 1.82) is 0 Å². The second-order valence-corrected chi connectivity index (χ2v) is 5.09. The molecule has 2 N–H and O–H groups in total. The van der Waals surface area contributed by atoms with E-state index in [1.807, 2.05) is 0 Å². The Balaban J connectivity index is 2.30. The zero-order valence-electron chi connectivity index (χ0n) is 9.71. The van der Waals surface area contributed by atoms with Crippen molar-refractivity contribution >= 4 is 0 Å². The van der Waals surface area contributed by atoms with Crippen LogP contribution in [0.5, 0.6) is 0 Å². The van der Waals surface area contributed by atoms with Gasteiger partial charge in [-0.15, -0.1) is 0 Å². The van der Waals surface area contributed by atoms with Gasteiger partial charge in [0.05, 0.1) is 6.61 Å². The zero-order valence-corrected chi connectivity index (χ0v) is 9.71. The van der Waals surface area contributed by atoms with E-state index in [0.717, 1.165) is 19.6 Å². The molecule has 0 radical (unpaired) electrons. The van der Waals surface area contributed by atoms with Crippen molar-refractivity contribution in [2.45, 2.75) is 33.2 Å². The summed E-state index contributed by atoms with van der Waals surface area (Å²) in [6.07, 6.45) is 1.28. The maximum Gasteiger partial charge on any atom is 0.0597 e. The van der Waals surface area contributed by atoms with Crippen LogP contribution >= 0.6 is 0 Å². The van der Waals surface area contributed by atoms with Gasteiger partial charge in [-0.05, 0) is 24.9 Å². The predicted octanol–water partition coefficient (Wildman–Crippen LogP) is 0.689. The number of hydrogen-bond donors (Lipinski definition) is 2. The van der Waals surface area contributed by atoms with Crippen LogP contribution in [0, 0.1) is 5.41 Å². The first-order valence-corrected chi connectivity index (χ1v) is 5.64. The molecule has 0 amide bonds. The molecule has 1 atom stereocenters. The fourth-order valence-corrected chi connectivity index (χ4v) is 2.17. The van der Waals surface area contributed by atoms with Crippen molar-refractivity contribution in [2.24, 2.45) is 5.41 Å². The molecule has 1 heterocycles. The third kappa shape index (κ3) is 3.56. The van der Waals surface area contributed by atoms with Gasteiger partial charge in [-0.2, -0.15) is 0 Å². The molecule has 3 heteroatoms. The summed E-state index contributed by atoms with van der Waals surface area (Å²) in [7, 11) is 0. The summed E-state index contributed by atoms with van der Waals surface area (Å²) in [5.74, 6) is 0. The molecule has 1 rings (SSSR count). The highest BCUT2D eigenvalue weighted by molar-refractivity contribution is 4.84. The number of hydrogen-bond acceptors (Lipinski definition) is 3. The Morgan fingerprint density at radius 3 is 2.64 bits per heavy atom. The first-order chi connectivity index (χ1) is 6.57. The number of likely N-dealkylation sites (tertiary alicyclic amines) is 1. The topological polar surface area (TPSA) is 35.5 Å². The molecule has 0 aromatic rings. The summed E-state index contributed by atoms with van der Waals surface area (Å²) in [5, 5.41) is 12.5. The minimum Gasteiger partial charge on any atom is -0.395 e. The molecule has 1 aliphatic rings. The number of aliphatic hydroxyl groups excluding tert-OH is 1. The fraction of sp³-hybridized carbons (Fsp3) is 1.00. The zero-order chi connectivity index (χ0) is 10.6. The van der Waals surface area contributed by atoms with Gasteiger partial charge in [0.1, 0.15) is 0 Å². The molecule has 0 saturated carbocycles. The Morgan fingerprint density at radius 2 is 2.21 bits per heavy atom. The minimum atomic E-state index is 0.241. The van der Waals surface area contributed by atoms with Crippen LogP contribution < -0.4 is 5.32 Å². The summed E-state index contributed by atoms with van der Waals surface area (Å²) in [6.45, 7) is 11.2. The van der Waals surface area contributed by atoms with Crippen molar-refractivity contribution in [3.63, 3.8) is 0 Å². The summed E-state index contributed by atoms with van der Waals surface area (Å²) >= 11 is 0. The van der Waals surface area contributed by atoms with Gasteiger partial charge in [0, 0.05) is 19.1 Å². The normalized spacial score (nSPS) is 24.0. The molecule has 1 saturated heterocycles. The third-order valence-electron chi connectivity index (χ3n) is 2.95. The lowest BCUT2D eigenvalue weighted by atomic mass is 9.93.